The molecule has 5 nitrogen and oxygen atoms in total. The fourth-order valence-electron chi connectivity index (χ4n) is 2.26. The SMILES string of the molecule is CNC(Cc1nc(C)cs1)c1c(OC)cnn1C(C)C. The van der Waals surface area contributed by atoms with Gasteiger partial charge in [-0.1, -0.05) is 0 Å². The standard InChI is InChI=1S/C14H22N4OS/c1-9(2)18-14(12(19-5)7-16-18)11(15-4)6-13-17-10(3)8-20-13/h7-9,11,15H,6H2,1-5H3. The molecule has 0 aliphatic heterocycles. The summed E-state index contributed by atoms with van der Waals surface area (Å²) in [6.07, 6.45) is 2.62. The second-order valence-electron chi connectivity index (χ2n) is 5.06. The maximum absolute atomic E-state index is 5.46. The molecule has 110 valence electrons. The van der Waals surface area contributed by atoms with E-state index < -0.39 is 0 Å². The van der Waals surface area contributed by atoms with Gasteiger partial charge in [0, 0.05) is 23.5 Å². The zero-order chi connectivity index (χ0) is 14.7. The van der Waals surface area contributed by atoms with E-state index in [0.717, 1.165) is 28.6 Å². The summed E-state index contributed by atoms with van der Waals surface area (Å²) >= 11 is 1.70. The molecule has 0 fully saturated rings. The monoisotopic (exact) mass is 294 g/mol. The Morgan fingerprint density at radius 3 is 2.70 bits per heavy atom. The van der Waals surface area contributed by atoms with Gasteiger partial charge < -0.3 is 10.1 Å². The number of thiazole rings is 1. The number of ether oxygens (including phenoxy) is 1. The zero-order valence-electron chi connectivity index (χ0n) is 12.7. The summed E-state index contributed by atoms with van der Waals surface area (Å²) in [5, 5.41) is 11.0. The molecule has 2 heterocycles. The van der Waals surface area contributed by atoms with Crippen LogP contribution in [0.4, 0.5) is 0 Å². The largest absolute Gasteiger partial charge is 0.493 e. The van der Waals surface area contributed by atoms with Crippen LogP contribution in [-0.4, -0.2) is 28.9 Å². The number of aromatic nitrogens is 3. The highest BCUT2D eigenvalue weighted by molar-refractivity contribution is 7.09. The summed E-state index contributed by atoms with van der Waals surface area (Å²) in [6.45, 7) is 6.26. The third-order valence-electron chi connectivity index (χ3n) is 3.23. The molecular formula is C14H22N4OS. The highest BCUT2D eigenvalue weighted by atomic mass is 32.1. The third-order valence-corrected chi connectivity index (χ3v) is 4.22. The Kier molecular flexibility index (Phi) is 4.77. The lowest BCUT2D eigenvalue weighted by atomic mass is 10.1. The number of nitrogens with zero attached hydrogens (tertiary/aromatic N) is 3. The van der Waals surface area contributed by atoms with E-state index in [0.29, 0.717) is 6.04 Å². The predicted molar refractivity (Wildman–Crippen MR) is 81.5 cm³/mol. The van der Waals surface area contributed by atoms with E-state index in [-0.39, 0.29) is 6.04 Å². The average molecular weight is 294 g/mol. The van der Waals surface area contributed by atoms with Gasteiger partial charge in [0.2, 0.25) is 0 Å². The first-order chi connectivity index (χ1) is 9.56. The molecule has 0 radical (unpaired) electrons. The summed E-state index contributed by atoms with van der Waals surface area (Å²) in [5.74, 6) is 0.825. The van der Waals surface area contributed by atoms with E-state index >= 15 is 0 Å². The van der Waals surface area contributed by atoms with Crippen molar-refractivity contribution >= 4 is 11.3 Å². The molecule has 1 unspecified atom stereocenters. The van der Waals surface area contributed by atoms with Gasteiger partial charge in [-0.25, -0.2) is 4.98 Å². The summed E-state index contributed by atoms with van der Waals surface area (Å²) in [5.41, 5.74) is 2.15. The van der Waals surface area contributed by atoms with Gasteiger partial charge in [0.15, 0.2) is 5.75 Å². The van der Waals surface area contributed by atoms with Crippen LogP contribution < -0.4 is 10.1 Å². The summed E-state index contributed by atoms with van der Waals surface area (Å²) in [6, 6.07) is 0.434. The van der Waals surface area contributed by atoms with Gasteiger partial charge in [-0.3, -0.25) is 4.68 Å². The van der Waals surface area contributed by atoms with E-state index in [4.69, 9.17) is 4.74 Å². The Hall–Kier alpha value is -1.40. The van der Waals surface area contributed by atoms with E-state index in [2.05, 4.69) is 34.6 Å². The maximum atomic E-state index is 5.46. The van der Waals surface area contributed by atoms with Crippen molar-refractivity contribution < 1.29 is 4.74 Å². The molecule has 0 amide bonds. The van der Waals surface area contributed by atoms with Crippen molar-refractivity contribution in [3.05, 3.63) is 28.0 Å². The van der Waals surface area contributed by atoms with Crippen LogP contribution in [0.2, 0.25) is 0 Å². The first-order valence-electron chi connectivity index (χ1n) is 6.76. The highest BCUT2D eigenvalue weighted by Gasteiger charge is 2.23. The zero-order valence-corrected chi connectivity index (χ0v) is 13.5. The molecule has 0 spiro atoms. The van der Waals surface area contributed by atoms with Crippen molar-refractivity contribution in [3.8, 4) is 5.75 Å². The van der Waals surface area contributed by atoms with Crippen LogP contribution >= 0.6 is 11.3 Å². The molecule has 0 aliphatic rings. The third kappa shape index (κ3) is 3.02. The first kappa shape index (κ1) is 15.0. The Labute approximate surface area is 124 Å². The van der Waals surface area contributed by atoms with Gasteiger partial charge in [-0.05, 0) is 27.8 Å². The van der Waals surface area contributed by atoms with E-state index in [1.54, 1.807) is 24.6 Å². The van der Waals surface area contributed by atoms with Crippen LogP contribution in [0.25, 0.3) is 0 Å². The smallest absolute Gasteiger partial charge is 0.161 e. The van der Waals surface area contributed by atoms with Gasteiger partial charge >= 0.3 is 0 Å². The molecule has 2 aromatic heterocycles. The number of likely N-dealkylation sites (N-methyl/N-ethyl adjacent to an activating group) is 1. The lowest BCUT2D eigenvalue weighted by Gasteiger charge is -2.20. The van der Waals surface area contributed by atoms with Crippen molar-refractivity contribution in [2.45, 2.75) is 39.3 Å². The summed E-state index contributed by atoms with van der Waals surface area (Å²) < 4.78 is 7.48. The molecule has 0 saturated carbocycles. The molecule has 2 rings (SSSR count). The number of hydrogen-bond acceptors (Lipinski definition) is 5. The molecular weight excluding hydrogens is 272 g/mol. The van der Waals surface area contributed by atoms with Gasteiger partial charge in [-0.2, -0.15) is 5.10 Å². The molecule has 0 saturated heterocycles. The molecule has 1 N–H and O–H groups in total. The topological polar surface area (TPSA) is 52.0 Å². The highest BCUT2D eigenvalue weighted by Crippen LogP contribution is 2.30. The lowest BCUT2D eigenvalue weighted by molar-refractivity contribution is 0.388. The molecule has 0 aliphatic carbocycles. The normalized spacial score (nSPS) is 12.9. The van der Waals surface area contributed by atoms with Crippen LogP contribution in [0, 0.1) is 6.92 Å². The van der Waals surface area contributed by atoms with Crippen molar-refractivity contribution in [3.63, 3.8) is 0 Å². The minimum Gasteiger partial charge on any atom is -0.493 e. The number of aryl methyl sites for hydroxylation is 1. The molecule has 1 atom stereocenters. The van der Waals surface area contributed by atoms with E-state index in [1.807, 2.05) is 18.7 Å². The Bertz CT molecular complexity index is 561. The van der Waals surface area contributed by atoms with Crippen LogP contribution in [0.5, 0.6) is 5.75 Å². The fourth-order valence-corrected chi connectivity index (χ4v) is 3.08. The molecule has 0 aromatic carbocycles. The van der Waals surface area contributed by atoms with Gasteiger partial charge in [-0.15, -0.1) is 11.3 Å². The Morgan fingerprint density at radius 1 is 1.45 bits per heavy atom. The fraction of sp³-hybridized carbons (Fsp3) is 0.571. The first-order valence-corrected chi connectivity index (χ1v) is 7.64. The van der Waals surface area contributed by atoms with Crippen LogP contribution in [0.3, 0.4) is 0 Å². The quantitative estimate of drug-likeness (QED) is 0.890. The summed E-state index contributed by atoms with van der Waals surface area (Å²) in [7, 11) is 3.65. The Balaban J connectivity index is 2.33. The van der Waals surface area contributed by atoms with Crippen molar-refractivity contribution in [2.24, 2.45) is 0 Å². The minimum atomic E-state index is 0.139. The van der Waals surface area contributed by atoms with Crippen LogP contribution in [0.1, 0.15) is 42.3 Å². The van der Waals surface area contributed by atoms with Gasteiger partial charge in [0.1, 0.15) is 0 Å². The number of nitrogens with one attached hydrogen (secondary N) is 1. The minimum absolute atomic E-state index is 0.139. The van der Waals surface area contributed by atoms with Crippen molar-refractivity contribution in [1.82, 2.24) is 20.1 Å². The predicted octanol–water partition coefficient (Wildman–Crippen LogP) is 2.74. The van der Waals surface area contributed by atoms with E-state index in [9.17, 15) is 0 Å². The number of hydrogen-bond donors (Lipinski definition) is 1. The van der Waals surface area contributed by atoms with Crippen LogP contribution in [-0.2, 0) is 6.42 Å². The van der Waals surface area contributed by atoms with Crippen molar-refractivity contribution in [1.29, 1.82) is 0 Å². The second kappa shape index (κ2) is 6.37. The average Bonchev–Trinajstić information content (AvgIpc) is 3.01. The molecule has 6 heteroatoms. The molecule has 0 bridgehead atoms. The van der Waals surface area contributed by atoms with Gasteiger partial charge in [0.05, 0.1) is 30.1 Å². The molecule has 2 aromatic rings. The van der Waals surface area contributed by atoms with Crippen LogP contribution in [0.15, 0.2) is 11.6 Å². The van der Waals surface area contributed by atoms with Gasteiger partial charge in [0.25, 0.3) is 0 Å². The van der Waals surface area contributed by atoms with Crippen molar-refractivity contribution in [2.75, 3.05) is 14.2 Å². The number of rotatable bonds is 6. The number of methoxy groups -OCH3 is 1. The maximum Gasteiger partial charge on any atom is 0.161 e. The van der Waals surface area contributed by atoms with E-state index in [1.165, 1.54) is 0 Å². The lowest BCUT2D eigenvalue weighted by Crippen LogP contribution is -2.24. The molecule has 20 heavy (non-hydrogen) atoms. The summed E-state index contributed by atoms with van der Waals surface area (Å²) in [4.78, 5) is 4.55. The second-order valence-corrected chi connectivity index (χ2v) is 6.01. The Morgan fingerprint density at radius 2 is 2.20 bits per heavy atom.